The van der Waals surface area contributed by atoms with Crippen molar-refractivity contribution in [3.05, 3.63) is 40.3 Å². The Kier molecular flexibility index (Phi) is 4.71. The van der Waals surface area contributed by atoms with Crippen molar-refractivity contribution >= 4 is 28.3 Å². The SMILES string of the molecule is CC(C)(C)c1nc(CN2CCCN(c3nc4ccccc4[nH]3)CC2)cs1. The van der Waals surface area contributed by atoms with Gasteiger partial charge in [-0.05, 0) is 18.6 Å². The first kappa shape index (κ1) is 17.5. The number of thiazole rings is 1. The Morgan fingerprint density at radius 2 is 1.92 bits per heavy atom. The molecule has 4 rings (SSSR count). The molecule has 0 unspecified atom stereocenters. The maximum Gasteiger partial charge on any atom is 0.203 e. The van der Waals surface area contributed by atoms with E-state index in [1.54, 1.807) is 11.3 Å². The number of aromatic nitrogens is 3. The number of nitrogens with zero attached hydrogens (tertiary/aromatic N) is 4. The van der Waals surface area contributed by atoms with Crippen LogP contribution in [0.2, 0.25) is 0 Å². The summed E-state index contributed by atoms with van der Waals surface area (Å²) in [7, 11) is 0. The highest BCUT2D eigenvalue weighted by atomic mass is 32.1. The smallest absolute Gasteiger partial charge is 0.203 e. The minimum Gasteiger partial charge on any atom is -0.341 e. The normalized spacial score (nSPS) is 17.0. The van der Waals surface area contributed by atoms with Crippen LogP contribution in [0.15, 0.2) is 29.6 Å². The molecule has 3 heterocycles. The molecule has 26 heavy (non-hydrogen) atoms. The van der Waals surface area contributed by atoms with Crippen molar-refractivity contribution in [3.8, 4) is 0 Å². The fraction of sp³-hybridized carbons (Fsp3) is 0.500. The third kappa shape index (κ3) is 3.76. The predicted molar refractivity (Wildman–Crippen MR) is 109 cm³/mol. The first-order chi connectivity index (χ1) is 12.5. The topological polar surface area (TPSA) is 48.1 Å². The summed E-state index contributed by atoms with van der Waals surface area (Å²) in [5, 5.41) is 3.45. The largest absolute Gasteiger partial charge is 0.341 e. The molecule has 138 valence electrons. The first-order valence-electron chi connectivity index (χ1n) is 9.36. The highest BCUT2D eigenvalue weighted by Gasteiger charge is 2.21. The van der Waals surface area contributed by atoms with Crippen molar-refractivity contribution in [1.82, 2.24) is 19.9 Å². The first-order valence-corrected chi connectivity index (χ1v) is 10.2. The van der Waals surface area contributed by atoms with Crippen molar-refractivity contribution in [2.75, 3.05) is 31.1 Å². The molecule has 1 saturated heterocycles. The molecule has 1 aliphatic heterocycles. The molecule has 0 bridgehead atoms. The molecule has 0 atom stereocenters. The molecule has 2 aromatic heterocycles. The van der Waals surface area contributed by atoms with Gasteiger partial charge in [-0.25, -0.2) is 9.97 Å². The molecule has 1 fully saturated rings. The molecule has 1 N–H and O–H groups in total. The Balaban J connectivity index is 1.41. The summed E-state index contributed by atoms with van der Waals surface area (Å²) in [5.74, 6) is 0.997. The number of benzene rings is 1. The van der Waals surface area contributed by atoms with Crippen LogP contribution in [0.3, 0.4) is 0 Å². The lowest BCUT2D eigenvalue weighted by atomic mass is 9.98. The van der Waals surface area contributed by atoms with Crippen LogP contribution in [0, 0.1) is 0 Å². The van der Waals surface area contributed by atoms with Crippen molar-refractivity contribution in [2.24, 2.45) is 0 Å². The standard InChI is InChI=1S/C20H27N5S/c1-20(2,3)18-21-15(14-26-18)13-24-9-6-10-25(12-11-24)19-22-16-7-4-5-8-17(16)23-19/h4-5,7-8,14H,6,9-13H2,1-3H3,(H,22,23). The monoisotopic (exact) mass is 369 g/mol. The number of H-pyrrole nitrogens is 1. The van der Waals surface area contributed by atoms with Crippen LogP contribution in [0.1, 0.15) is 37.9 Å². The molecular weight excluding hydrogens is 342 g/mol. The molecule has 0 aliphatic carbocycles. The van der Waals surface area contributed by atoms with Crippen LogP contribution < -0.4 is 4.90 Å². The summed E-state index contributed by atoms with van der Waals surface area (Å²) >= 11 is 1.79. The van der Waals surface area contributed by atoms with Gasteiger partial charge in [-0.15, -0.1) is 11.3 Å². The van der Waals surface area contributed by atoms with Gasteiger partial charge in [-0.3, -0.25) is 4.90 Å². The second-order valence-electron chi connectivity index (χ2n) is 8.09. The van der Waals surface area contributed by atoms with Gasteiger partial charge in [0.25, 0.3) is 0 Å². The summed E-state index contributed by atoms with van der Waals surface area (Å²) in [6, 6.07) is 8.24. The minimum atomic E-state index is 0.139. The van der Waals surface area contributed by atoms with Crippen LogP contribution in [0.25, 0.3) is 11.0 Å². The Bertz CT molecular complexity index is 843. The second kappa shape index (κ2) is 7.00. The number of anilines is 1. The van der Waals surface area contributed by atoms with Crippen molar-refractivity contribution in [2.45, 2.75) is 39.2 Å². The molecule has 3 aromatic rings. The van der Waals surface area contributed by atoms with Crippen molar-refractivity contribution < 1.29 is 0 Å². The van der Waals surface area contributed by atoms with E-state index in [0.29, 0.717) is 0 Å². The Morgan fingerprint density at radius 3 is 2.69 bits per heavy atom. The quantitative estimate of drug-likeness (QED) is 0.757. The van der Waals surface area contributed by atoms with Gasteiger partial charge in [0.1, 0.15) is 0 Å². The Labute approximate surface area is 159 Å². The van der Waals surface area contributed by atoms with Crippen LogP contribution in [-0.2, 0) is 12.0 Å². The maximum atomic E-state index is 4.86. The van der Waals surface area contributed by atoms with Gasteiger partial charge in [-0.2, -0.15) is 0 Å². The second-order valence-corrected chi connectivity index (χ2v) is 8.95. The Hall–Kier alpha value is -1.92. The average Bonchev–Trinajstić information content (AvgIpc) is 3.17. The van der Waals surface area contributed by atoms with Crippen molar-refractivity contribution in [1.29, 1.82) is 0 Å². The zero-order valence-corrected chi connectivity index (χ0v) is 16.6. The van der Waals surface area contributed by atoms with Gasteiger partial charge in [0.2, 0.25) is 5.95 Å². The van der Waals surface area contributed by atoms with Crippen LogP contribution >= 0.6 is 11.3 Å². The lowest BCUT2D eigenvalue weighted by molar-refractivity contribution is 0.282. The highest BCUT2D eigenvalue weighted by Crippen LogP contribution is 2.26. The van der Waals surface area contributed by atoms with E-state index in [1.807, 2.05) is 12.1 Å². The molecule has 1 aliphatic rings. The zero-order valence-electron chi connectivity index (χ0n) is 15.8. The summed E-state index contributed by atoms with van der Waals surface area (Å²) in [4.78, 5) is 18.0. The number of hydrogen-bond acceptors (Lipinski definition) is 5. The fourth-order valence-electron chi connectivity index (χ4n) is 3.38. The molecule has 6 heteroatoms. The van der Waals surface area contributed by atoms with E-state index in [1.165, 1.54) is 10.7 Å². The summed E-state index contributed by atoms with van der Waals surface area (Å²) in [6.07, 6.45) is 1.15. The zero-order chi connectivity index (χ0) is 18.1. The third-order valence-electron chi connectivity index (χ3n) is 4.84. The minimum absolute atomic E-state index is 0.139. The molecule has 0 spiro atoms. The number of para-hydroxylation sites is 2. The van der Waals surface area contributed by atoms with Gasteiger partial charge in [0.05, 0.1) is 21.7 Å². The van der Waals surface area contributed by atoms with E-state index in [-0.39, 0.29) is 5.41 Å². The lowest BCUT2D eigenvalue weighted by Crippen LogP contribution is -2.31. The number of imidazole rings is 1. The van der Waals surface area contributed by atoms with E-state index in [0.717, 1.165) is 56.1 Å². The summed E-state index contributed by atoms with van der Waals surface area (Å²) < 4.78 is 0. The molecule has 0 amide bonds. The number of aromatic amines is 1. The van der Waals surface area contributed by atoms with E-state index < -0.39 is 0 Å². The average molecular weight is 370 g/mol. The van der Waals surface area contributed by atoms with Crippen LogP contribution in [-0.4, -0.2) is 46.0 Å². The molecule has 1 aromatic carbocycles. The highest BCUT2D eigenvalue weighted by molar-refractivity contribution is 7.09. The van der Waals surface area contributed by atoms with Gasteiger partial charge < -0.3 is 9.88 Å². The van der Waals surface area contributed by atoms with Crippen LogP contribution in [0.5, 0.6) is 0 Å². The predicted octanol–water partition coefficient (Wildman–Crippen LogP) is 4.03. The van der Waals surface area contributed by atoms with Crippen molar-refractivity contribution in [3.63, 3.8) is 0 Å². The summed E-state index contributed by atoms with van der Waals surface area (Å²) in [6.45, 7) is 11.8. The van der Waals surface area contributed by atoms with E-state index >= 15 is 0 Å². The van der Waals surface area contributed by atoms with E-state index in [2.05, 4.69) is 53.1 Å². The number of hydrogen-bond donors (Lipinski definition) is 1. The number of rotatable bonds is 3. The van der Waals surface area contributed by atoms with E-state index in [9.17, 15) is 0 Å². The maximum absolute atomic E-state index is 4.86. The van der Waals surface area contributed by atoms with Gasteiger partial charge in [-0.1, -0.05) is 32.9 Å². The molecule has 0 radical (unpaired) electrons. The van der Waals surface area contributed by atoms with E-state index in [4.69, 9.17) is 9.97 Å². The molecule has 5 nitrogen and oxygen atoms in total. The van der Waals surface area contributed by atoms with Gasteiger partial charge in [0, 0.05) is 43.5 Å². The fourth-order valence-corrected chi connectivity index (χ4v) is 4.28. The Morgan fingerprint density at radius 1 is 1.08 bits per heavy atom. The van der Waals surface area contributed by atoms with Gasteiger partial charge in [0.15, 0.2) is 0 Å². The third-order valence-corrected chi connectivity index (χ3v) is 6.16. The molecule has 0 saturated carbocycles. The van der Waals surface area contributed by atoms with Crippen LogP contribution in [0.4, 0.5) is 5.95 Å². The number of fused-ring (bicyclic) bond motifs is 1. The summed E-state index contributed by atoms with van der Waals surface area (Å²) in [5.41, 5.74) is 3.50. The van der Waals surface area contributed by atoms with Gasteiger partial charge >= 0.3 is 0 Å². The molecular formula is C20H27N5S. The number of nitrogens with one attached hydrogen (secondary N) is 1. The lowest BCUT2D eigenvalue weighted by Gasteiger charge is -2.21.